The molecule has 4 rings (SSSR count). The Balaban J connectivity index is 1.36. The van der Waals surface area contributed by atoms with Gasteiger partial charge in [0.05, 0.1) is 7.11 Å². The first-order valence-electron chi connectivity index (χ1n) is 10.8. The summed E-state index contributed by atoms with van der Waals surface area (Å²) in [5.74, 6) is 2.74. The van der Waals surface area contributed by atoms with Crippen LogP contribution in [0, 0.1) is 13.8 Å². The number of methoxy groups -OCH3 is 1. The molecule has 1 heterocycles. The van der Waals surface area contributed by atoms with E-state index in [1.807, 2.05) is 61.5 Å². The predicted molar refractivity (Wildman–Crippen MR) is 137 cm³/mol. The molecular weight excluding hydrogens is 428 g/mol. The highest BCUT2D eigenvalue weighted by molar-refractivity contribution is 5.99. The third-order valence-electron chi connectivity index (χ3n) is 4.92. The number of aryl methyl sites for hydroxylation is 2. The van der Waals surface area contributed by atoms with Crippen LogP contribution in [0.3, 0.4) is 0 Å². The molecule has 0 atom stereocenters. The Morgan fingerprint density at radius 3 is 1.62 bits per heavy atom. The number of nitrogens with one attached hydrogen (secondary N) is 4. The van der Waals surface area contributed by atoms with Crippen molar-refractivity contribution in [1.29, 1.82) is 0 Å². The van der Waals surface area contributed by atoms with Crippen LogP contribution < -0.4 is 26.0 Å². The van der Waals surface area contributed by atoms with Gasteiger partial charge in [-0.1, -0.05) is 17.7 Å². The number of urea groups is 1. The van der Waals surface area contributed by atoms with Crippen molar-refractivity contribution >= 4 is 40.4 Å². The molecule has 0 fully saturated rings. The smallest absolute Gasteiger partial charge is 0.323 e. The normalized spacial score (nSPS) is 10.3. The van der Waals surface area contributed by atoms with Crippen LogP contribution in [0.4, 0.5) is 39.2 Å². The Kier molecular flexibility index (Phi) is 6.88. The summed E-state index contributed by atoms with van der Waals surface area (Å²) in [6.07, 6.45) is 0. The Bertz CT molecular complexity index is 1260. The lowest BCUT2D eigenvalue weighted by Gasteiger charge is -2.12. The highest BCUT2D eigenvalue weighted by Crippen LogP contribution is 2.22. The van der Waals surface area contributed by atoms with Crippen molar-refractivity contribution in [2.24, 2.45) is 0 Å². The number of rotatable bonds is 7. The maximum atomic E-state index is 12.3. The van der Waals surface area contributed by atoms with Crippen molar-refractivity contribution in [3.63, 3.8) is 0 Å². The average molecular weight is 455 g/mol. The van der Waals surface area contributed by atoms with Crippen molar-refractivity contribution in [3.05, 3.63) is 90.3 Å². The van der Waals surface area contributed by atoms with Crippen LogP contribution in [-0.4, -0.2) is 23.1 Å². The summed E-state index contributed by atoms with van der Waals surface area (Å²) in [7, 11) is 1.60. The van der Waals surface area contributed by atoms with E-state index in [0.29, 0.717) is 28.8 Å². The first kappa shape index (κ1) is 22.6. The molecule has 0 spiro atoms. The number of benzene rings is 3. The van der Waals surface area contributed by atoms with E-state index in [9.17, 15) is 4.79 Å². The molecule has 2 amide bonds. The third-order valence-corrected chi connectivity index (χ3v) is 4.92. The molecule has 0 aliphatic heterocycles. The zero-order chi connectivity index (χ0) is 23.9. The standard InChI is InChI=1S/C26H26N6O2/c1-17-4-6-19(7-5-17)29-24-16-25(28-18(2)27-24)30-20-8-10-21(11-9-20)31-26(33)32-22-12-14-23(34-3)15-13-22/h4-16H,1-3H3,(H2,31,32,33)(H2,27,28,29,30). The van der Waals surface area contributed by atoms with Gasteiger partial charge < -0.3 is 26.0 Å². The van der Waals surface area contributed by atoms with Gasteiger partial charge in [-0.3, -0.25) is 0 Å². The van der Waals surface area contributed by atoms with Gasteiger partial charge >= 0.3 is 6.03 Å². The second-order valence-electron chi connectivity index (χ2n) is 7.69. The van der Waals surface area contributed by atoms with Gasteiger partial charge in [-0.15, -0.1) is 0 Å². The van der Waals surface area contributed by atoms with Crippen LogP contribution in [0.5, 0.6) is 5.75 Å². The van der Waals surface area contributed by atoms with E-state index in [1.54, 1.807) is 31.4 Å². The highest BCUT2D eigenvalue weighted by Gasteiger charge is 2.06. The van der Waals surface area contributed by atoms with Crippen molar-refractivity contribution < 1.29 is 9.53 Å². The van der Waals surface area contributed by atoms with Gasteiger partial charge in [0.1, 0.15) is 23.2 Å². The summed E-state index contributed by atoms with van der Waals surface area (Å²) < 4.78 is 5.12. The van der Waals surface area contributed by atoms with Gasteiger partial charge in [-0.25, -0.2) is 14.8 Å². The number of hydrogen-bond donors (Lipinski definition) is 4. The van der Waals surface area contributed by atoms with Gasteiger partial charge in [0.15, 0.2) is 0 Å². The molecule has 0 bridgehead atoms. The van der Waals surface area contributed by atoms with Crippen LogP contribution in [0.25, 0.3) is 0 Å². The Labute approximate surface area is 198 Å². The highest BCUT2D eigenvalue weighted by atomic mass is 16.5. The van der Waals surface area contributed by atoms with Crippen LogP contribution in [0.1, 0.15) is 11.4 Å². The number of anilines is 6. The molecule has 0 saturated carbocycles. The number of nitrogens with zero attached hydrogens (tertiary/aromatic N) is 2. The first-order chi connectivity index (χ1) is 16.5. The summed E-state index contributed by atoms with van der Waals surface area (Å²) in [6, 6.07) is 24.1. The molecule has 1 aromatic heterocycles. The van der Waals surface area contributed by atoms with E-state index in [2.05, 4.69) is 38.2 Å². The van der Waals surface area contributed by atoms with Crippen molar-refractivity contribution in [1.82, 2.24) is 9.97 Å². The first-order valence-corrected chi connectivity index (χ1v) is 10.8. The monoisotopic (exact) mass is 454 g/mol. The quantitative estimate of drug-likeness (QED) is 0.264. The minimum Gasteiger partial charge on any atom is -0.497 e. The van der Waals surface area contributed by atoms with Crippen molar-refractivity contribution in [2.75, 3.05) is 28.4 Å². The molecule has 172 valence electrons. The summed E-state index contributed by atoms with van der Waals surface area (Å²) in [5.41, 5.74) is 4.32. The van der Waals surface area contributed by atoms with Crippen molar-refractivity contribution in [3.8, 4) is 5.75 Å². The van der Waals surface area contributed by atoms with E-state index >= 15 is 0 Å². The van der Waals surface area contributed by atoms with Crippen LogP contribution in [-0.2, 0) is 0 Å². The fourth-order valence-electron chi connectivity index (χ4n) is 3.23. The maximum Gasteiger partial charge on any atom is 0.323 e. The lowest BCUT2D eigenvalue weighted by Crippen LogP contribution is -2.19. The van der Waals surface area contributed by atoms with Crippen LogP contribution in [0.2, 0.25) is 0 Å². The third kappa shape index (κ3) is 6.23. The zero-order valence-corrected chi connectivity index (χ0v) is 19.2. The summed E-state index contributed by atoms with van der Waals surface area (Å²) >= 11 is 0. The lowest BCUT2D eigenvalue weighted by molar-refractivity contribution is 0.262. The van der Waals surface area contributed by atoms with Gasteiger partial charge in [-0.2, -0.15) is 0 Å². The Morgan fingerprint density at radius 2 is 1.12 bits per heavy atom. The van der Waals surface area contributed by atoms with Gasteiger partial charge in [0, 0.05) is 28.8 Å². The largest absolute Gasteiger partial charge is 0.497 e. The fourth-order valence-corrected chi connectivity index (χ4v) is 3.23. The maximum absolute atomic E-state index is 12.3. The molecule has 0 unspecified atom stereocenters. The minimum atomic E-state index is -0.330. The van der Waals surface area contributed by atoms with E-state index in [-0.39, 0.29) is 6.03 Å². The number of ether oxygens (including phenoxy) is 1. The molecule has 0 saturated heterocycles. The van der Waals surface area contributed by atoms with Gasteiger partial charge in [0.25, 0.3) is 0 Å². The molecule has 4 N–H and O–H groups in total. The molecule has 34 heavy (non-hydrogen) atoms. The van der Waals surface area contributed by atoms with Crippen molar-refractivity contribution in [2.45, 2.75) is 13.8 Å². The molecular formula is C26H26N6O2. The van der Waals surface area contributed by atoms with E-state index in [0.717, 1.165) is 17.1 Å². The SMILES string of the molecule is COc1ccc(NC(=O)Nc2ccc(Nc3cc(Nc4ccc(C)cc4)nc(C)n3)cc2)cc1. The molecule has 8 heteroatoms. The number of carbonyl (C=O) groups is 1. The van der Waals surface area contributed by atoms with Crippen LogP contribution in [0.15, 0.2) is 78.9 Å². The van der Waals surface area contributed by atoms with E-state index < -0.39 is 0 Å². The minimum absolute atomic E-state index is 0.330. The molecule has 8 nitrogen and oxygen atoms in total. The summed E-state index contributed by atoms with van der Waals surface area (Å²) in [4.78, 5) is 21.2. The molecule has 0 radical (unpaired) electrons. The second-order valence-corrected chi connectivity index (χ2v) is 7.69. The Hall–Kier alpha value is -4.59. The molecule has 0 aliphatic rings. The van der Waals surface area contributed by atoms with Gasteiger partial charge in [0.2, 0.25) is 0 Å². The predicted octanol–water partition coefficient (Wildman–Crippen LogP) is 6.23. The molecule has 4 aromatic rings. The molecule has 0 aliphatic carbocycles. The number of carbonyl (C=O) groups excluding carboxylic acids is 1. The van der Waals surface area contributed by atoms with Crippen LogP contribution >= 0.6 is 0 Å². The molecule has 3 aromatic carbocycles. The zero-order valence-electron chi connectivity index (χ0n) is 19.2. The second kappa shape index (κ2) is 10.4. The number of aromatic nitrogens is 2. The van der Waals surface area contributed by atoms with E-state index in [4.69, 9.17) is 4.74 Å². The van der Waals surface area contributed by atoms with E-state index in [1.165, 1.54) is 5.56 Å². The average Bonchev–Trinajstić information content (AvgIpc) is 2.82. The topological polar surface area (TPSA) is 100 Å². The Morgan fingerprint density at radius 1 is 0.676 bits per heavy atom. The summed E-state index contributed by atoms with van der Waals surface area (Å²) in [5, 5.41) is 12.2. The lowest BCUT2D eigenvalue weighted by atomic mass is 10.2. The van der Waals surface area contributed by atoms with Gasteiger partial charge in [-0.05, 0) is 74.5 Å². The fraction of sp³-hybridized carbons (Fsp3) is 0.115. The number of amides is 2. The summed E-state index contributed by atoms with van der Waals surface area (Å²) in [6.45, 7) is 3.90. The number of hydrogen-bond acceptors (Lipinski definition) is 6.